The third kappa shape index (κ3) is 2.29. The summed E-state index contributed by atoms with van der Waals surface area (Å²) in [5.74, 6) is 0.579. The Balaban J connectivity index is 1.51. The zero-order chi connectivity index (χ0) is 17.0. The van der Waals surface area contributed by atoms with Crippen LogP contribution in [0.4, 0.5) is 0 Å². The number of para-hydroxylation sites is 1. The standard InChI is InChI=1S/C20H23N5/c1-20(2)11-24(7-8-25-13-21-12-22-25)19-10-18-15(9-16(19)20)14-5-3-4-6-17(14)23-18/h3-6,10,12-13,16,23H,7-9,11H2,1-2H3. The van der Waals surface area contributed by atoms with Crippen molar-refractivity contribution in [1.82, 2.24) is 24.6 Å². The summed E-state index contributed by atoms with van der Waals surface area (Å²) < 4.78 is 1.91. The van der Waals surface area contributed by atoms with E-state index in [1.165, 1.54) is 27.9 Å². The first-order valence-electron chi connectivity index (χ1n) is 9.00. The molecule has 1 aromatic carbocycles. The highest BCUT2D eigenvalue weighted by molar-refractivity contribution is 5.88. The number of hydrogen-bond acceptors (Lipinski definition) is 3. The molecule has 1 aliphatic heterocycles. The molecule has 3 heterocycles. The highest BCUT2D eigenvalue weighted by Crippen LogP contribution is 2.48. The molecule has 2 aliphatic rings. The number of nitrogens with zero attached hydrogens (tertiary/aromatic N) is 4. The van der Waals surface area contributed by atoms with Gasteiger partial charge in [0.25, 0.3) is 0 Å². The first kappa shape index (κ1) is 14.8. The monoisotopic (exact) mass is 333 g/mol. The predicted molar refractivity (Wildman–Crippen MR) is 98.8 cm³/mol. The minimum atomic E-state index is 0.282. The van der Waals surface area contributed by atoms with E-state index < -0.39 is 0 Å². The lowest BCUT2D eigenvalue weighted by Crippen LogP contribution is -2.26. The first-order chi connectivity index (χ1) is 12.1. The molecule has 0 spiro atoms. The van der Waals surface area contributed by atoms with Gasteiger partial charge < -0.3 is 9.88 Å². The molecule has 5 heteroatoms. The Bertz CT molecular complexity index is 948. The lowest BCUT2D eigenvalue weighted by atomic mass is 9.75. The lowest BCUT2D eigenvalue weighted by molar-refractivity contribution is 0.265. The minimum absolute atomic E-state index is 0.282. The molecule has 2 aromatic heterocycles. The van der Waals surface area contributed by atoms with Gasteiger partial charge in [0, 0.05) is 41.3 Å². The molecule has 0 amide bonds. The van der Waals surface area contributed by atoms with Gasteiger partial charge in [-0.3, -0.25) is 4.68 Å². The summed E-state index contributed by atoms with van der Waals surface area (Å²) in [6.45, 7) is 7.76. The number of hydrogen-bond donors (Lipinski definition) is 1. The van der Waals surface area contributed by atoms with Crippen LogP contribution in [0.3, 0.4) is 0 Å². The Morgan fingerprint density at radius 3 is 2.96 bits per heavy atom. The summed E-state index contributed by atoms with van der Waals surface area (Å²) in [5, 5.41) is 5.61. The van der Waals surface area contributed by atoms with Gasteiger partial charge in [0.1, 0.15) is 12.7 Å². The van der Waals surface area contributed by atoms with E-state index in [0.29, 0.717) is 5.92 Å². The second-order valence-corrected chi connectivity index (χ2v) is 7.96. The number of H-pyrrole nitrogens is 1. The van der Waals surface area contributed by atoms with Crippen molar-refractivity contribution in [1.29, 1.82) is 0 Å². The second kappa shape index (κ2) is 5.22. The summed E-state index contributed by atoms with van der Waals surface area (Å²) in [4.78, 5) is 10.2. The molecule has 5 nitrogen and oxygen atoms in total. The van der Waals surface area contributed by atoms with Crippen LogP contribution in [0.15, 0.2) is 42.6 Å². The summed E-state index contributed by atoms with van der Waals surface area (Å²) in [6.07, 6.45) is 6.91. The summed E-state index contributed by atoms with van der Waals surface area (Å²) in [5.41, 5.74) is 5.77. The van der Waals surface area contributed by atoms with Gasteiger partial charge in [-0.25, -0.2) is 4.98 Å². The van der Waals surface area contributed by atoms with E-state index in [2.05, 4.69) is 64.2 Å². The molecule has 25 heavy (non-hydrogen) atoms. The number of likely N-dealkylation sites (tertiary alicyclic amines) is 1. The summed E-state index contributed by atoms with van der Waals surface area (Å²) >= 11 is 0. The molecule has 3 aromatic rings. The minimum Gasteiger partial charge on any atom is -0.372 e. The van der Waals surface area contributed by atoms with Gasteiger partial charge in [-0.05, 0) is 29.5 Å². The maximum absolute atomic E-state index is 4.24. The molecule has 0 radical (unpaired) electrons. The first-order valence-corrected chi connectivity index (χ1v) is 9.00. The normalized spacial score (nSPS) is 21.3. The Labute approximate surface area is 147 Å². The Hall–Kier alpha value is -2.56. The van der Waals surface area contributed by atoms with Crippen molar-refractivity contribution in [2.75, 3.05) is 13.1 Å². The van der Waals surface area contributed by atoms with Crippen LogP contribution >= 0.6 is 0 Å². The summed E-state index contributed by atoms with van der Waals surface area (Å²) in [6, 6.07) is 8.66. The third-order valence-corrected chi connectivity index (χ3v) is 5.88. The zero-order valence-corrected chi connectivity index (χ0v) is 14.7. The van der Waals surface area contributed by atoms with E-state index in [4.69, 9.17) is 0 Å². The lowest BCUT2D eigenvalue weighted by Gasteiger charge is -2.28. The Morgan fingerprint density at radius 1 is 1.24 bits per heavy atom. The number of fused-ring (bicyclic) bond motifs is 4. The summed E-state index contributed by atoms with van der Waals surface area (Å²) in [7, 11) is 0. The van der Waals surface area contributed by atoms with Gasteiger partial charge in [-0.2, -0.15) is 5.10 Å². The van der Waals surface area contributed by atoms with Crippen LogP contribution in [0.5, 0.6) is 0 Å². The molecule has 128 valence electrons. The van der Waals surface area contributed by atoms with Crippen LogP contribution in [0.25, 0.3) is 17.0 Å². The second-order valence-electron chi connectivity index (χ2n) is 7.96. The van der Waals surface area contributed by atoms with E-state index in [1.807, 2.05) is 4.68 Å². The van der Waals surface area contributed by atoms with Gasteiger partial charge in [-0.15, -0.1) is 0 Å². The molecule has 1 atom stereocenters. The van der Waals surface area contributed by atoms with Crippen molar-refractivity contribution in [3.8, 4) is 0 Å². The van der Waals surface area contributed by atoms with Crippen LogP contribution in [0.2, 0.25) is 0 Å². The van der Waals surface area contributed by atoms with E-state index in [9.17, 15) is 0 Å². The third-order valence-electron chi connectivity index (χ3n) is 5.88. The average molecular weight is 333 g/mol. The topological polar surface area (TPSA) is 49.7 Å². The van der Waals surface area contributed by atoms with Gasteiger partial charge in [0.05, 0.1) is 6.54 Å². The smallest absolute Gasteiger partial charge is 0.137 e. The Kier molecular flexibility index (Phi) is 3.08. The van der Waals surface area contributed by atoms with Crippen molar-refractivity contribution >= 4 is 17.0 Å². The fourth-order valence-corrected chi connectivity index (χ4v) is 4.58. The van der Waals surface area contributed by atoms with Crippen molar-refractivity contribution in [3.05, 3.63) is 53.9 Å². The zero-order valence-electron chi connectivity index (χ0n) is 14.7. The van der Waals surface area contributed by atoms with Crippen LogP contribution < -0.4 is 0 Å². The quantitative estimate of drug-likeness (QED) is 0.800. The number of nitrogens with one attached hydrogen (secondary N) is 1. The van der Waals surface area contributed by atoms with Crippen LogP contribution in [-0.4, -0.2) is 37.7 Å². The SMILES string of the molecule is CC1(C)CN(CCn2cncn2)C2=Cc3[nH]c4ccccc4c3CC21. The molecular formula is C20H23N5. The van der Waals surface area contributed by atoms with Crippen molar-refractivity contribution < 1.29 is 0 Å². The van der Waals surface area contributed by atoms with Crippen molar-refractivity contribution in [2.45, 2.75) is 26.8 Å². The molecule has 5 rings (SSSR count). The van der Waals surface area contributed by atoms with E-state index in [0.717, 1.165) is 26.1 Å². The Morgan fingerprint density at radius 2 is 2.12 bits per heavy atom. The van der Waals surface area contributed by atoms with Gasteiger partial charge in [0.15, 0.2) is 0 Å². The van der Waals surface area contributed by atoms with Crippen LogP contribution in [-0.2, 0) is 13.0 Å². The highest BCUT2D eigenvalue weighted by Gasteiger charge is 2.44. The number of benzene rings is 1. The molecule has 1 fully saturated rings. The number of aromatic amines is 1. The van der Waals surface area contributed by atoms with Crippen molar-refractivity contribution in [2.24, 2.45) is 11.3 Å². The van der Waals surface area contributed by atoms with E-state index >= 15 is 0 Å². The van der Waals surface area contributed by atoms with Gasteiger partial charge in [-0.1, -0.05) is 32.0 Å². The molecule has 0 bridgehead atoms. The fraction of sp³-hybridized carbons (Fsp3) is 0.400. The van der Waals surface area contributed by atoms with E-state index in [-0.39, 0.29) is 5.41 Å². The molecule has 1 unspecified atom stereocenters. The number of rotatable bonds is 3. The van der Waals surface area contributed by atoms with Gasteiger partial charge in [0.2, 0.25) is 0 Å². The molecule has 0 saturated carbocycles. The van der Waals surface area contributed by atoms with Crippen molar-refractivity contribution in [3.63, 3.8) is 0 Å². The molecular weight excluding hydrogens is 310 g/mol. The van der Waals surface area contributed by atoms with Crippen LogP contribution in [0, 0.1) is 11.3 Å². The average Bonchev–Trinajstić information content (AvgIpc) is 3.29. The van der Waals surface area contributed by atoms with Crippen LogP contribution in [0.1, 0.15) is 25.1 Å². The molecule has 1 N–H and O–H groups in total. The molecule has 1 aliphatic carbocycles. The van der Waals surface area contributed by atoms with Gasteiger partial charge >= 0.3 is 0 Å². The highest BCUT2D eigenvalue weighted by atomic mass is 15.3. The fourth-order valence-electron chi connectivity index (χ4n) is 4.58. The number of allylic oxidation sites excluding steroid dienone is 1. The molecule has 1 saturated heterocycles. The maximum Gasteiger partial charge on any atom is 0.137 e. The van der Waals surface area contributed by atoms with E-state index in [1.54, 1.807) is 12.7 Å². The largest absolute Gasteiger partial charge is 0.372 e. The number of aromatic nitrogens is 4. The predicted octanol–water partition coefficient (Wildman–Crippen LogP) is 3.31. The maximum atomic E-state index is 4.24.